The maximum absolute atomic E-state index is 4.46. The molecule has 100 valence electrons. The summed E-state index contributed by atoms with van der Waals surface area (Å²) in [6, 6.07) is 0.692. The number of aromatic nitrogens is 2. The molecule has 1 aliphatic rings. The van der Waals surface area contributed by atoms with Gasteiger partial charge in [-0.25, -0.2) is 0 Å². The normalized spacial score (nSPS) is 24.1. The van der Waals surface area contributed by atoms with E-state index >= 15 is 0 Å². The molecule has 18 heavy (non-hydrogen) atoms. The Morgan fingerprint density at radius 2 is 2.22 bits per heavy atom. The van der Waals surface area contributed by atoms with Crippen molar-refractivity contribution < 1.29 is 0 Å². The topological polar surface area (TPSA) is 44.3 Å². The molecule has 2 unspecified atom stereocenters. The Balaban J connectivity index is 2.18. The van der Waals surface area contributed by atoms with Crippen molar-refractivity contribution in [1.82, 2.24) is 25.1 Å². The van der Waals surface area contributed by atoms with Gasteiger partial charge in [0.25, 0.3) is 0 Å². The number of rotatable bonds is 4. The zero-order valence-electron chi connectivity index (χ0n) is 11.5. The summed E-state index contributed by atoms with van der Waals surface area (Å²) in [5, 5.41) is 3.55. The number of piperazine rings is 1. The SMILES string of the molecule is CCNC(c1cnccn1)C1CN(C)CCN1C. The van der Waals surface area contributed by atoms with Crippen LogP contribution in [0.2, 0.25) is 0 Å². The van der Waals surface area contributed by atoms with Crippen molar-refractivity contribution in [2.24, 2.45) is 0 Å². The molecule has 0 bridgehead atoms. The first-order chi connectivity index (χ1) is 8.72. The zero-order valence-corrected chi connectivity index (χ0v) is 11.5. The van der Waals surface area contributed by atoms with Crippen LogP contribution in [-0.4, -0.2) is 66.1 Å². The molecule has 0 spiro atoms. The van der Waals surface area contributed by atoms with Crippen molar-refractivity contribution in [3.05, 3.63) is 24.3 Å². The quantitative estimate of drug-likeness (QED) is 0.835. The Hall–Kier alpha value is -1.04. The van der Waals surface area contributed by atoms with E-state index in [-0.39, 0.29) is 6.04 Å². The Labute approximate surface area is 109 Å². The summed E-state index contributed by atoms with van der Waals surface area (Å²) in [4.78, 5) is 13.5. The van der Waals surface area contributed by atoms with E-state index in [1.165, 1.54) is 0 Å². The van der Waals surface area contributed by atoms with Gasteiger partial charge in [0.2, 0.25) is 0 Å². The molecular formula is C13H23N5. The van der Waals surface area contributed by atoms with Crippen molar-refractivity contribution in [2.75, 3.05) is 40.3 Å². The molecule has 0 aromatic carbocycles. The second-order valence-electron chi connectivity index (χ2n) is 4.98. The van der Waals surface area contributed by atoms with E-state index < -0.39 is 0 Å². The molecule has 0 aliphatic carbocycles. The molecule has 0 radical (unpaired) electrons. The van der Waals surface area contributed by atoms with Crippen LogP contribution in [-0.2, 0) is 0 Å². The van der Waals surface area contributed by atoms with Gasteiger partial charge in [-0.05, 0) is 20.6 Å². The minimum absolute atomic E-state index is 0.247. The van der Waals surface area contributed by atoms with Gasteiger partial charge in [-0.2, -0.15) is 0 Å². The van der Waals surface area contributed by atoms with Crippen LogP contribution in [0.4, 0.5) is 0 Å². The molecule has 2 heterocycles. The average Bonchev–Trinajstić information content (AvgIpc) is 2.40. The van der Waals surface area contributed by atoms with Crippen LogP contribution in [0.5, 0.6) is 0 Å². The number of nitrogens with one attached hydrogen (secondary N) is 1. The minimum atomic E-state index is 0.247. The first kappa shape index (κ1) is 13.4. The lowest BCUT2D eigenvalue weighted by Crippen LogP contribution is -2.55. The van der Waals surface area contributed by atoms with Gasteiger partial charge < -0.3 is 10.2 Å². The first-order valence-corrected chi connectivity index (χ1v) is 6.60. The summed E-state index contributed by atoms with van der Waals surface area (Å²) in [5.74, 6) is 0. The standard InChI is InChI=1S/C13H23N5/c1-4-15-13(11-9-14-5-6-16-11)12-10-17(2)7-8-18(12)3/h5-6,9,12-13,15H,4,7-8,10H2,1-3H3. The number of hydrogen-bond donors (Lipinski definition) is 1. The third-order valence-electron chi connectivity index (χ3n) is 3.61. The lowest BCUT2D eigenvalue weighted by molar-refractivity contribution is 0.0869. The van der Waals surface area contributed by atoms with Crippen molar-refractivity contribution in [3.63, 3.8) is 0 Å². The van der Waals surface area contributed by atoms with Crippen molar-refractivity contribution in [2.45, 2.75) is 19.0 Å². The summed E-state index contributed by atoms with van der Waals surface area (Å²) in [5.41, 5.74) is 1.03. The van der Waals surface area contributed by atoms with Crippen LogP contribution < -0.4 is 5.32 Å². The Kier molecular flexibility index (Phi) is 4.63. The number of nitrogens with zero attached hydrogens (tertiary/aromatic N) is 4. The second kappa shape index (κ2) is 6.22. The fraction of sp³-hybridized carbons (Fsp3) is 0.692. The maximum atomic E-state index is 4.46. The highest BCUT2D eigenvalue weighted by Crippen LogP contribution is 2.21. The van der Waals surface area contributed by atoms with Gasteiger partial charge in [-0.15, -0.1) is 0 Å². The Morgan fingerprint density at radius 3 is 2.89 bits per heavy atom. The summed E-state index contributed by atoms with van der Waals surface area (Å²) in [6.07, 6.45) is 5.37. The minimum Gasteiger partial charge on any atom is -0.308 e. The molecule has 5 heteroatoms. The summed E-state index contributed by atoms with van der Waals surface area (Å²) in [6.45, 7) is 6.37. The molecule has 2 rings (SSSR count). The van der Waals surface area contributed by atoms with Crippen molar-refractivity contribution in [1.29, 1.82) is 0 Å². The van der Waals surface area contributed by atoms with Gasteiger partial charge in [0.1, 0.15) is 0 Å². The van der Waals surface area contributed by atoms with Gasteiger partial charge in [-0.1, -0.05) is 6.92 Å². The first-order valence-electron chi connectivity index (χ1n) is 6.60. The average molecular weight is 249 g/mol. The molecule has 5 nitrogen and oxygen atoms in total. The largest absolute Gasteiger partial charge is 0.308 e. The van der Waals surface area contributed by atoms with Crippen LogP contribution in [0.25, 0.3) is 0 Å². The van der Waals surface area contributed by atoms with E-state index in [1.807, 2.05) is 6.20 Å². The molecule has 1 aromatic heterocycles. The lowest BCUT2D eigenvalue weighted by Gasteiger charge is -2.41. The van der Waals surface area contributed by atoms with Crippen LogP contribution in [0.15, 0.2) is 18.6 Å². The third-order valence-corrected chi connectivity index (χ3v) is 3.61. The van der Waals surface area contributed by atoms with E-state index in [2.05, 4.69) is 46.1 Å². The third kappa shape index (κ3) is 3.04. The fourth-order valence-electron chi connectivity index (χ4n) is 2.53. The molecule has 2 atom stereocenters. The van der Waals surface area contributed by atoms with Crippen molar-refractivity contribution >= 4 is 0 Å². The van der Waals surface area contributed by atoms with Gasteiger partial charge in [0, 0.05) is 38.1 Å². The highest BCUT2D eigenvalue weighted by molar-refractivity contribution is 5.07. The second-order valence-corrected chi connectivity index (χ2v) is 4.98. The van der Waals surface area contributed by atoms with E-state index in [4.69, 9.17) is 0 Å². The van der Waals surface area contributed by atoms with Gasteiger partial charge in [-0.3, -0.25) is 14.9 Å². The monoisotopic (exact) mass is 249 g/mol. The molecule has 0 saturated carbocycles. The van der Waals surface area contributed by atoms with Crippen LogP contribution in [0.3, 0.4) is 0 Å². The summed E-state index contributed by atoms with van der Waals surface area (Å²) in [7, 11) is 4.37. The predicted molar refractivity (Wildman–Crippen MR) is 72.4 cm³/mol. The fourth-order valence-corrected chi connectivity index (χ4v) is 2.53. The molecule has 1 fully saturated rings. The summed E-state index contributed by atoms with van der Waals surface area (Å²) >= 11 is 0. The van der Waals surface area contributed by atoms with Gasteiger partial charge in [0.15, 0.2) is 0 Å². The lowest BCUT2D eigenvalue weighted by atomic mass is 10.0. The predicted octanol–water partition coefficient (Wildman–Crippen LogP) is 0.373. The van der Waals surface area contributed by atoms with Gasteiger partial charge in [0.05, 0.1) is 17.9 Å². The van der Waals surface area contributed by atoms with Crippen molar-refractivity contribution in [3.8, 4) is 0 Å². The van der Waals surface area contributed by atoms with E-state index in [9.17, 15) is 0 Å². The highest BCUT2D eigenvalue weighted by atomic mass is 15.3. The number of likely N-dealkylation sites (N-methyl/N-ethyl adjacent to an activating group) is 3. The van der Waals surface area contributed by atoms with Crippen LogP contribution in [0, 0.1) is 0 Å². The zero-order chi connectivity index (χ0) is 13.0. The molecular weight excluding hydrogens is 226 g/mol. The Bertz CT molecular complexity index is 356. The van der Waals surface area contributed by atoms with Gasteiger partial charge >= 0.3 is 0 Å². The molecule has 1 aromatic rings. The van der Waals surface area contributed by atoms with Crippen LogP contribution in [0.1, 0.15) is 18.7 Å². The maximum Gasteiger partial charge on any atom is 0.0772 e. The summed E-state index contributed by atoms with van der Waals surface area (Å²) < 4.78 is 0. The molecule has 1 aliphatic heterocycles. The smallest absolute Gasteiger partial charge is 0.0772 e. The van der Waals surface area contributed by atoms with E-state index in [1.54, 1.807) is 12.4 Å². The van der Waals surface area contributed by atoms with Crippen LogP contribution >= 0.6 is 0 Å². The van der Waals surface area contributed by atoms with E-state index in [0.717, 1.165) is 31.9 Å². The molecule has 0 amide bonds. The Morgan fingerprint density at radius 1 is 1.39 bits per heavy atom. The molecule has 1 saturated heterocycles. The highest BCUT2D eigenvalue weighted by Gasteiger charge is 2.31. The number of hydrogen-bond acceptors (Lipinski definition) is 5. The van der Waals surface area contributed by atoms with E-state index in [0.29, 0.717) is 6.04 Å². The molecule has 1 N–H and O–H groups in total.